The van der Waals surface area contributed by atoms with E-state index in [9.17, 15) is 25.9 Å². The van der Waals surface area contributed by atoms with Crippen LogP contribution >= 0.6 is 0 Å². The van der Waals surface area contributed by atoms with E-state index in [1.165, 1.54) is 36.9 Å². The van der Waals surface area contributed by atoms with Crippen molar-refractivity contribution in [2.24, 2.45) is 0 Å². The number of methoxy groups -OCH3 is 1. The summed E-state index contributed by atoms with van der Waals surface area (Å²) in [6, 6.07) is 30.8. The maximum Gasteiger partial charge on any atom is 0.298 e. The third-order valence-corrected chi connectivity index (χ3v) is 9.50. The molecular weight excluding hydrogens is 586 g/mol. The first-order valence-corrected chi connectivity index (χ1v) is 16.4. The molecule has 0 spiro atoms. The van der Waals surface area contributed by atoms with Crippen LogP contribution in [0.15, 0.2) is 113 Å². The van der Waals surface area contributed by atoms with Gasteiger partial charge in [-0.2, -0.15) is 21.4 Å². The van der Waals surface area contributed by atoms with E-state index >= 15 is 0 Å². The summed E-state index contributed by atoms with van der Waals surface area (Å²) in [5.41, 5.74) is 8.04. The Bertz CT molecular complexity index is 2070. The van der Waals surface area contributed by atoms with Crippen LogP contribution in [0.5, 0.6) is 5.75 Å². The molecule has 2 N–H and O–H groups in total. The van der Waals surface area contributed by atoms with Crippen molar-refractivity contribution in [3.05, 3.63) is 120 Å². The predicted molar refractivity (Wildman–Crippen MR) is 162 cm³/mol. The summed E-state index contributed by atoms with van der Waals surface area (Å²) >= 11 is 0. The molecule has 0 fully saturated rings. The Morgan fingerprint density at radius 3 is 2.07 bits per heavy atom. The van der Waals surface area contributed by atoms with Gasteiger partial charge in [-0.1, -0.05) is 54.6 Å². The molecule has 0 saturated heterocycles. The average molecular weight is 615 g/mol. The van der Waals surface area contributed by atoms with Gasteiger partial charge in [0.1, 0.15) is 10.6 Å². The molecular formula is C33H28NO7S2+. The first kappa shape index (κ1) is 28.8. The molecule has 4 aromatic carbocycles. The summed E-state index contributed by atoms with van der Waals surface area (Å²) in [6.07, 6.45) is 1.47. The van der Waals surface area contributed by atoms with E-state index in [0.29, 0.717) is 24.1 Å². The molecule has 0 radical (unpaired) electrons. The molecule has 10 heteroatoms. The maximum absolute atomic E-state index is 12.3. The molecule has 6 rings (SSSR count). The topological polar surface area (TPSA) is 122 Å². The van der Waals surface area contributed by atoms with Crippen LogP contribution in [-0.2, 0) is 39.6 Å². The lowest BCUT2D eigenvalue weighted by Gasteiger charge is -2.23. The van der Waals surface area contributed by atoms with E-state index in [1.807, 2.05) is 48.5 Å². The summed E-state index contributed by atoms with van der Waals surface area (Å²) in [7, 11) is -7.64. The summed E-state index contributed by atoms with van der Waals surface area (Å²) in [4.78, 5) is -0.556. The summed E-state index contributed by atoms with van der Waals surface area (Å²) in [5, 5.41) is 0. The highest BCUT2D eigenvalue weighted by Gasteiger charge is 2.33. The highest BCUT2D eigenvalue weighted by molar-refractivity contribution is 7.86. The van der Waals surface area contributed by atoms with Gasteiger partial charge in [-0.25, -0.2) is 0 Å². The Balaban J connectivity index is 1.70. The summed E-state index contributed by atoms with van der Waals surface area (Å²) in [5.74, 6) is 0.0292. The van der Waals surface area contributed by atoms with Gasteiger partial charge in [-0.3, -0.25) is 9.11 Å². The molecule has 0 unspecified atom stereocenters. The molecule has 0 atom stereocenters. The second kappa shape index (κ2) is 11.1. The molecule has 1 heterocycles. The molecule has 8 nitrogen and oxygen atoms in total. The van der Waals surface area contributed by atoms with Gasteiger partial charge in [0.15, 0.2) is 6.54 Å². The molecule has 0 saturated carbocycles. The SMILES string of the molecule is COc1ccc(-c2cc(-c3ccc(S(=O)(=O)O)cc3)[n+](Cc3ccccc3)c3c2CCc2ccccc2-3)cc1S(=O)(=O)O. The summed E-state index contributed by atoms with van der Waals surface area (Å²) in [6.45, 7) is 0.506. The van der Waals surface area contributed by atoms with Gasteiger partial charge in [0, 0.05) is 28.3 Å². The minimum Gasteiger partial charge on any atom is -0.495 e. The maximum atomic E-state index is 12.3. The Morgan fingerprint density at radius 1 is 0.721 bits per heavy atom. The second-order valence-electron chi connectivity index (χ2n) is 10.3. The third kappa shape index (κ3) is 5.57. The standard InChI is InChI=1S/C33H27NO7S2/c1-41-31-18-14-25(19-32(31)43(38,39)40)29-20-30(24-11-15-26(16-12-24)42(35,36)37)34(21-22-7-3-2-4-8-22)33-27-10-6-5-9-23(27)13-17-28(29)33/h2-12,14-16,18-20H,13,17,21H2,1H3,(H-,35,36,37,38,39,40)/p+1. The van der Waals surface area contributed by atoms with E-state index in [2.05, 4.69) is 16.7 Å². The Morgan fingerprint density at radius 2 is 1.40 bits per heavy atom. The highest BCUT2D eigenvalue weighted by atomic mass is 32.2. The number of pyridine rings is 1. The number of fused-ring (bicyclic) bond motifs is 3. The average Bonchev–Trinajstić information content (AvgIpc) is 3.00. The first-order chi connectivity index (χ1) is 20.5. The van der Waals surface area contributed by atoms with Crippen molar-refractivity contribution in [1.29, 1.82) is 0 Å². The number of ether oxygens (including phenoxy) is 1. The number of aromatic nitrogens is 1. The largest absolute Gasteiger partial charge is 0.495 e. The number of rotatable bonds is 7. The van der Waals surface area contributed by atoms with E-state index < -0.39 is 20.2 Å². The van der Waals surface area contributed by atoms with Gasteiger partial charge < -0.3 is 4.74 Å². The minimum absolute atomic E-state index is 0.0292. The van der Waals surface area contributed by atoms with Gasteiger partial charge in [0.2, 0.25) is 11.4 Å². The summed E-state index contributed by atoms with van der Waals surface area (Å²) < 4.78 is 75.2. The van der Waals surface area contributed by atoms with E-state index in [4.69, 9.17) is 4.74 Å². The van der Waals surface area contributed by atoms with Crippen LogP contribution in [0.2, 0.25) is 0 Å². The molecule has 5 aromatic rings. The monoisotopic (exact) mass is 614 g/mol. The molecule has 1 aliphatic rings. The van der Waals surface area contributed by atoms with Gasteiger partial charge in [0.25, 0.3) is 20.2 Å². The van der Waals surface area contributed by atoms with Crippen molar-refractivity contribution in [1.82, 2.24) is 0 Å². The lowest BCUT2D eigenvalue weighted by Crippen LogP contribution is -2.41. The van der Waals surface area contributed by atoms with Gasteiger partial charge >= 0.3 is 0 Å². The van der Waals surface area contributed by atoms with Gasteiger partial charge in [0.05, 0.1) is 12.0 Å². The lowest BCUT2D eigenvalue weighted by atomic mass is 9.83. The van der Waals surface area contributed by atoms with Crippen molar-refractivity contribution in [3.63, 3.8) is 0 Å². The van der Waals surface area contributed by atoms with Crippen LogP contribution in [0.3, 0.4) is 0 Å². The predicted octanol–water partition coefficient (Wildman–Crippen LogP) is 5.62. The molecule has 0 bridgehead atoms. The first-order valence-electron chi connectivity index (χ1n) is 13.5. The van der Waals surface area contributed by atoms with Crippen LogP contribution in [0.25, 0.3) is 33.6 Å². The van der Waals surface area contributed by atoms with Crippen LogP contribution < -0.4 is 9.30 Å². The zero-order valence-corrected chi connectivity index (χ0v) is 24.8. The van der Waals surface area contributed by atoms with Crippen molar-refractivity contribution < 1.29 is 35.2 Å². The number of aryl methyl sites for hydroxylation is 1. The number of hydrogen-bond donors (Lipinski definition) is 2. The Labute approximate surface area is 250 Å². The fourth-order valence-electron chi connectivity index (χ4n) is 5.77. The molecule has 1 aliphatic carbocycles. The Hall–Kier alpha value is -4.35. The van der Waals surface area contributed by atoms with E-state index in [-0.39, 0.29) is 15.5 Å². The Kier molecular flexibility index (Phi) is 7.39. The van der Waals surface area contributed by atoms with Gasteiger partial charge in [-0.15, -0.1) is 0 Å². The molecule has 43 heavy (non-hydrogen) atoms. The molecule has 1 aromatic heterocycles. The van der Waals surface area contributed by atoms with E-state index in [0.717, 1.165) is 40.1 Å². The highest BCUT2D eigenvalue weighted by Crippen LogP contribution is 2.41. The van der Waals surface area contributed by atoms with Crippen molar-refractivity contribution in [2.45, 2.75) is 29.2 Å². The third-order valence-electron chi connectivity index (χ3n) is 7.75. The van der Waals surface area contributed by atoms with Crippen LogP contribution in [0.4, 0.5) is 0 Å². The fourth-order valence-corrected chi connectivity index (χ4v) is 6.93. The van der Waals surface area contributed by atoms with Crippen LogP contribution in [0, 0.1) is 0 Å². The van der Waals surface area contributed by atoms with E-state index in [1.54, 1.807) is 18.2 Å². The normalized spacial score (nSPS) is 12.8. The second-order valence-corrected chi connectivity index (χ2v) is 13.2. The zero-order valence-electron chi connectivity index (χ0n) is 23.1. The molecule has 218 valence electrons. The van der Waals surface area contributed by atoms with Gasteiger partial charge in [-0.05, 0) is 72.0 Å². The van der Waals surface area contributed by atoms with Crippen molar-refractivity contribution in [2.75, 3.05) is 7.11 Å². The van der Waals surface area contributed by atoms with Crippen molar-refractivity contribution >= 4 is 20.2 Å². The lowest BCUT2D eigenvalue weighted by molar-refractivity contribution is -0.667. The number of benzene rings is 4. The smallest absolute Gasteiger partial charge is 0.298 e. The minimum atomic E-state index is -4.59. The number of hydrogen-bond acceptors (Lipinski definition) is 5. The number of nitrogens with zero attached hydrogens (tertiary/aromatic N) is 1. The zero-order chi connectivity index (χ0) is 30.4. The quantitative estimate of drug-likeness (QED) is 0.180. The van der Waals surface area contributed by atoms with Crippen LogP contribution in [0.1, 0.15) is 16.7 Å². The molecule has 0 aliphatic heterocycles. The van der Waals surface area contributed by atoms with Crippen LogP contribution in [-0.4, -0.2) is 33.1 Å². The molecule has 0 amide bonds. The van der Waals surface area contributed by atoms with Crippen molar-refractivity contribution in [3.8, 4) is 39.4 Å². The fraction of sp³-hybridized carbons (Fsp3) is 0.121.